The van der Waals surface area contributed by atoms with Crippen LogP contribution in [0.15, 0.2) is 30.3 Å². The third-order valence-corrected chi connectivity index (χ3v) is 5.93. The van der Waals surface area contributed by atoms with Crippen LogP contribution in [0.25, 0.3) is 15.9 Å². The number of likely N-dealkylation sites (N-methyl/N-ethyl adjacent to an activating group) is 1. The summed E-state index contributed by atoms with van der Waals surface area (Å²) >= 11 is 7.62. The molecule has 5 nitrogen and oxygen atoms in total. The highest BCUT2D eigenvalue weighted by Crippen LogP contribution is 2.31. The minimum Gasteiger partial charge on any atom is -0.335 e. The van der Waals surface area contributed by atoms with E-state index in [2.05, 4.69) is 17.0 Å². The first kappa shape index (κ1) is 16.6. The molecule has 4 rings (SSSR count). The van der Waals surface area contributed by atoms with Gasteiger partial charge in [0, 0.05) is 36.6 Å². The molecule has 1 aliphatic heterocycles. The van der Waals surface area contributed by atoms with Crippen LogP contribution in [-0.4, -0.2) is 58.7 Å². The predicted octanol–water partition coefficient (Wildman–Crippen LogP) is 3.44. The van der Waals surface area contributed by atoms with E-state index in [-0.39, 0.29) is 5.91 Å². The Morgan fingerprint density at radius 1 is 1.20 bits per heavy atom. The number of aromatic nitrogens is 2. The average Bonchev–Trinajstić information content (AvgIpc) is 3.16. The second-order valence-corrected chi connectivity index (χ2v) is 7.87. The zero-order valence-electron chi connectivity index (χ0n) is 14.2. The van der Waals surface area contributed by atoms with Crippen LogP contribution < -0.4 is 0 Å². The van der Waals surface area contributed by atoms with Gasteiger partial charge in [0.1, 0.15) is 4.83 Å². The van der Waals surface area contributed by atoms with Crippen LogP contribution in [0.1, 0.15) is 15.4 Å². The summed E-state index contributed by atoms with van der Waals surface area (Å²) in [6.07, 6.45) is 0. The fraction of sp³-hybridized carbons (Fsp3) is 0.333. The molecule has 3 heterocycles. The number of amides is 1. The van der Waals surface area contributed by atoms with Gasteiger partial charge >= 0.3 is 0 Å². The van der Waals surface area contributed by atoms with Gasteiger partial charge < -0.3 is 9.80 Å². The molecule has 0 bridgehead atoms. The number of hydrogen-bond donors (Lipinski definition) is 0. The Labute approximate surface area is 155 Å². The summed E-state index contributed by atoms with van der Waals surface area (Å²) in [4.78, 5) is 18.8. The van der Waals surface area contributed by atoms with Crippen molar-refractivity contribution in [2.45, 2.75) is 6.92 Å². The van der Waals surface area contributed by atoms with Gasteiger partial charge in [-0.1, -0.05) is 17.7 Å². The first-order valence-corrected chi connectivity index (χ1v) is 9.45. The van der Waals surface area contributed by atoms with Crippen molar-refractivity contribution in [3.05, 3.63) is 45.9 Å². The van der Waals surface area contributed by atoms with E-state index in [1.807, 2.05) is 46.8 Å². The molecule has 1 amide bonds. The van der Waals surface area contributed by atoms with Crippen LogP contribution in [0.5, 0.6) is 0 Å². The molecule has 2 aromatic heterocycles. The predicted molar refractivity (Wildman–Crippen MR) is 102 cm³/mol. The number of nitrogens with zero attached hydrogens (tertiary/aromatic N) is 4. The third kappa shape index (κ3) is 3.05. The van der Waals surface area contributed by atoms with Crippen molar-refractivity contribution in [2.24, 2.45) is 0 Å². The minimum absolute atomic E-state index is 0.117. The monoisotopic (exact) mass is 374 g/mol. The van der Waals surface area contributed by atoms with E-state index in [4.69, 9.17) is 11.6 Å². The maximum atomic E-state index is 12.9. The molecule has 0 atom stereocenters. The number of carbonyl (C=O) groups excluding carboxylic acids is 1. The standard InChI is InChI=1S/C18H19ClN4OS/c1-12-15-11-16(17(24)22-8-6-21(2)7-9-22)25-18(15)23(20-12)14-5-3-4-13(19)10-14/h3-5,10-11H,6-9H2,1-2H3. The van der Waals surface area contributed by atoms with Crippen LogP contribution in [0, 0.1) is 6.92 Å². The minimum atomic E-state index is 0.117. The third-order valence-electron chi connectivity index (χ3n) is 4.60. The molecule has 0 N–H and O–H groups in total. The van der Waals surface area contributed by atoms with E-state index in [1.54, 1.807) is 0 Å². The van der Waals surface area contributed by atoms with E-state index in [1.165, 1.54) is 11.3 Å². The Morgan fingerprint density at radius 2 is 1.96 bits per heavy atom. The highest BCUT2D eigenvalue weighted by atomic mass is 35.5. The Hall–Kier alpha value is -1.89. The van der Waals surface area contributed by atoms with Crippen LogP contribution in [0.3, 0.4) is 0 Å². The summed E-state index contributed by atoms with van der Waals surface area (Å²) in [6, 6.07) is 9.58. The van der Waals surface area contributed by atoms with E-state index >= 15 is 0 Å². The molecule has 0 aliphatic carbocycles. The first-order chi connectivity index (χ1) is 12.0. The number of halogens is 1. The van der Waals surface area contributed by atoms with Crippen molar-refractivity contribution >= 4 is 39.1 Å². The van der Waals surface area contributed by atoms with Gasteiger partial charge in [0.05, 0.1) is 16.3 Å². The molecule has 1 fully saturated rings. The van der Waals surface area contributed by atoms with Crippen molar-refractivity contribution in [1.82, 2.24) is 19.6 Å². The number of fused-ring (bicyclic) bond motifs is 1. The van der Waals surface area contributed by atoms with Crippen molar-refractivity contribution in [2.75, 3.05) is 33.2 Å². The second-order valence-electron chi connectivity index (χ2n) is 6.40. The Balaban J connectivity index is 1.71. The molecule has 0 saturated carbocycles. The lowest BCUT2D eigenvalue weighted by Crippen LogP contribution is -2.46. The van der Waals surface area contributed by atoms with Crippen molar-refractivity contribution in [1.29, 1.82) is 0 Å². The van der Waals surface area contributed by atoms with Gasteiger partial charge in [-0.25, -0.2) is 4.68 Å². The zero-order valence-corrected chi connectivity index (χ0v) is 15.8. The fourth-order valence-electron chi connectivity index (χ4n) is 3.10. The lowest BCUT2D eigenvalue weighted by molar-refractivity contribution is 0.0669. The highest BCUT2D eigenvalue weighted by molar-refractivity contribution is 7.20. The smallest absolute Gasteiger partial charge is 0.264 e. The second kappa shape index (κ2) is 6.44. The van der Waals surface area contributed by atoms with Gasteiger partial charge in [0.2, 0.25) is 0 Å². The topological polar surface area (TPSA) is 41.4 Å². The summed E-state index contributed by atoms with van der Waals surface area (Å²) < 4.78 is 1.88. The van der Waals surface area contributed by atoms with E-state index in [0.717, 1.165) is 52.7 Å². The van der Waals surface area contributed by atoms with Crippen LogP contribution in [0.2, 0.25) is 5.02 Å². The molecule has 0 unspecified atom stereocenters. The average molecular weight is 375 g/mol. The molecule has 1 aromatic carbocycles. The Kier molecular flexibility index (Phi) is 4.27. The van der Waals surface area contributed by atoms with E-state index in [0.29, 0.717) is 5.02 Å². The first-order valence-electron chi connectivity index (χ1n) is 8.26. The highest BCUT2D eigenvalue weighted by Gasteiger charge is 2.24. The number of carbonyl (C=O) groups is 1. The number of rotatable bonds is 2. The normalized spacial score (nSPS) is 15.9. The van der Waals surface area contributed by atoms with Crippen molar-refractivity contribution in [3.8, 4) is 5.69 Å². The molecular formula is C18H19ClN4OS. The van der Waals surface area contributed by atoms with Gasteiger partial charge in [0.25, 0.3) is 5.91 Å². The SMILES string of the molecule is Cc1nn(-c2cccc(Cl)c2)c2sc(C(=O)N3CCN(C)CC3)cc12. The Morgan fingerprint density at radius 3 is 2.68 bits per heavy atom. The number of benzene rings is 1. The van der Waals surface area contributed by atoms with Crippen LogP contribution in [-0.2, 0) is 0 Å². The van der Waals surface area contributed by atoms with Gasteiger partial charge in [0.15, 0.2) is 0 Å². The molecule has 25 heavy (non-hydrogen) atoms. The number of aryl methyl sites for hydroxylation is 1. The summed E-state index contributed by atoms with van der Waals surface area (Å²) in [7, 11) is 2.09. The quantitative estimate of drug-likeness (QED) is 0.690. The van der Waals surface area contributed by atoms with Crippen LogP contribution >= 0.6 is 22.9 Å². The van der Waals surface area contributed by atoms with Crippen molar-refractivity contribution in [3.63, 3.8) is 0 Å². The summed E-state index contributed by atoms with van der Waals surface area (Å²) in [6.45, 7) is 5.38. The molecule has 0 spiro atoms. The maximum Gasteiger partial charge on any atom is 0.264 e. The Bertz CT molecular complexity index is 940. The number of piperazine rings is 1. The zero-order chi connectivity index (χ0) is 17.6. The lowest BCUT2D eigenvalue weighted by Gasteiger charge is -2.32. The molecule has 1 aliphatic rings. The van der Waals surface area contributed by atoms with Crippen LogP contribution in [0.4, 0.5) is 0 Å². The van der Waals surface area contributed by atoms with E-state index in [9.17, 15) is 4.79 Å². The summed E-state index contributed by atoms with van der Waals surface area (Å²) in [5.41, 5.74) is 1.83. The molecular weight excluding hydrogens is 356 g/mol. The fourth-order valence-corrected chi connectivity index (χ4v) is 4.44. The lowest BCUT2D eigenvalue weighted by atomic mass is 10.2. The molecule has 3 aromatic rings. The molecule has 130 valence electrons. The van der Waals surface area contributed by atoms with Gasteiger partial charge in [-0.3, -0.25) is 4.79 Å². The molecule has 7 heteroatoms. The summed E-state index contributed by atoms with van der Waals surface area (Å²) in [5.74, 6) is 0.117. The maximum absolute atomic E-state index is 12.9. The van der Waals surface area contributed by atoms with Gasteiger partial charge in [-0.2, -0.15) is 5.10 Å². The van der Waals surface area contributed by atoms with Gasteiger partial charge in [-0.15, -0.1) is 11.3 Å². The van der Waals surface area contributed by atoms with Gasteiger partial charge in [-0.05, 0) is 38.2 Å². The molecule has 1 saturated heterocycles. The van der Waals surface area contributed by atoms with Crippen molar-refractivity contribution < 1.29 is 4.79 Å². The number of hydrogen-bond acceptors (Lipinski definition) is 4. The largest absolute Gasteiger partial charge is 0.335 e. The van der Waals surface area contributed by atoms with E-state index < -0.39 is 0 Å². The number of thiophene rings is 1. The summed E-state index contributed by atoms with van der Waals surface area (Å²) in [5, 5.41) is 6.32. The molecule has 0 radical (unpaired) electrons.